The van der Waals surface area contributed by atoms with E-state index in [4.69, 9.17) is 24.7 Å². The molecule has 0 N–H and O–H groups in total. The Bertz CT molecular complexity index is 1340. The van der Waals surface area contributed by atoms with E-state index < -0.39 is 0 Å². The zero-order valence-corrected chi connectivity index (χ0v) is 27.4. The predicted octanol–water partition coefficient (Wildman–Crippen LogP) is 11.2. The van der Waals surface area contributed by atoms with Gasteiger partial charge < -0.3 is 4.99 Å². The molecule has 4 aromatic rings. The quantitative estimate of drug-likeness (QED) is 0.0845. The van der Waals surface area contributed by atoms with Crippen LogP contribution in [0.5, 0.6) is 0 Å². The van der Waals surface area contributed by atoms with Crippen molar-refractivity contribution in [2.75, 3.05) is 0 Å². The molecule has 0 atom stereocenters. The first kappa shape index (κ1) is 34.2. The summed E-state index contributed by atoms with van der Waals surface area (Å²) in [6, 6.07) is 25.4. The van der Waals surface area contributed by atoms with Crippen LogP contribution in [0.4, 0.5) is 17.1 Å². The normalized spacial score (nSPS) is 9.54. The molecule has 4 rings (SSSR count). The van der Waals surface area contributed by atoms with Gasteiger partial charge in [0, 0.05) is 5.02 Å². The molecule has 0 saturated heterocycles. The van der Waals surface area contributed by atoms with Gasteiger partial charge in [-0.3, -0.25) is 0 Å². The van der Waals surface area contributed by atoms with Gasteiger partial charge in [0.25, 0.3) is 0 Å². The fourth-order valence-corrected chi connectivity index (χ4v) is 3.72. The minimum atomic E-state index is 0.725. The number of rotatable bonds is 2. The van der Waals surface area contributed by atoms with Gasteiger partial charge in [-0.15, -0.1) is 17.7 Å². The Morgan fingerprint density at radius 3 is 1.26 bits per heavy atom. The van der Waals surface area contributed by atoms with Gasteiger partial charge in [0.05, 0.1) is 13.1 Å². The molecule has 0 aromatic heterocycles. The van der Waals surface area contributed by atoms with Crippen LogP contribution in [0.25, 0.3) is 9.69 Å². The summed E-state index contributed by atoms with van der Waals surface area (Å²) < 4.78 is 0. The molecule has 0 saturated carbocycles. The third kappa shape index (κ3) is 11.5. The number of hydrogen-bond donors (Lipinski definition) is 0. The summed E-state index contributed by atoms with van der Waals surface area (Å²) in [4.78, 5) is 11.3. The van der Waals surface area contributed by atoms with Crippen molar-refractivity contribution >= 4 is 54.4 Å². The van der Waals surface area contributed by atoms with Crippen LogP contribution in [0.15, 0.2) is 83.9 Å². The topological polar surface area (TPSA) is 21.1 Å². The number of nitrogens with zero attached hydrogens (tertiary/aromatic N) is 3. The predicted molar refractivity (Wildman–Crippen MR) is 172 cm³/mol. The second kappa shape index (κ2) is 18.5. The molecule has 3 nitrogen and oxygen atoms in total. The van der Waals surface area contributed by atoms with Crippen molar-refractivity contribution in [2.45, 2.75) is 41.5 Å². The number of benzene rings is 4. The summed E-state index contributed by atoms with van der Waals surface area (Å²) in [5.74, 6) is 0. The number of hydrogen-bond acceptors (Lipinski definition) is 1. The van der Waals surface area contributed by atoms with Crippen LogP contribution in [0, 0.1) is 54.7 Å². The fraction of sp³-hybridized carbons (Fsp3) is 0.182. The van der Waals surface area contributed by atoms with Crippen molar-refractivity contribution in [3.05, 3.63) is 146 Å². The molecule has 0 unspecified atom stereocenters. The summed E-state index contributed by atoms with van der Waals surface area (Å²) in [6.45, 7) is 25.6. The van der Waals surface area contributed by atoms with E-state index in [0.717, 1.165) is 61.0 Å². The van der Waals surface area contributed by atoms with Crippen molar-refractivity contribution in [3.8, 4) is 0 Å². The fourth-order valence-electron chi connectivity index (χ4n) is 3.59. The third-order valence-corrected chi connectivity index (χ3v) is 5.94. The maximum absolute atomic E-state index is 6.85. The Balaban J connectivity index is 0.000000299. The van der Waals surface area contributed by atoms with E-state index in [0.29, 0.717) is 0 Å². The number of halogens is 2. The van der Waals surface area contributed by atoms with E-state index in [1.165, 1.54) is 0 Å². The van der Waals surface area contributed by atoms with E-state index in [1.54, 1.807) is 0 Å². The molecular formula is C33H31ClIN3Pd. The first-order valence-corrected chi connectivity index (χ1v) is 17.0. The Morgan fingerprint density at radius 2 is 0.949 bits per heavy atom. The Hall–Kier alpha value is -2.79. The molecule has 0 fully saturated rings. The van der Waals surface area contributed by atoms with Gasteiger partial charge in [-0.05, 0) is 75.7 Å². The Labute approximate surface area is 260 Å². The van der Waals surface area contributed by atoms with Gasteiger partial charge in [0.15, 0.2) is 11.4 Å². The van der Waals surface area contributed by atoms with E-state index >= 15 is 0 Å². The number of para-hydroxylation sites is 3. The minimum absolute atomic E-state index is 0.725. The molecule has 0 radical (unpaired) electrons. The molecule has 0 aliphatic heterocycles. The van der Waals surface area contributed by atoms with E-state index in [1.807, 2.05) is 114 Å². The average molecular weight is 738 g/mol. The first-order chi connectivity index (χ1) is 18.7. The van der Waals surface area contributed by atoms with Gasteiger partial charge in [0.2, 0.25) is 0 Å². The summed E-state index contributed by atoms with van der Waals surface area (Å²) in [7, 11) is 0. The Kier molecular flexibility index (Phi) is 16.2. The molecule has 0 bridgehead atoms. The van der Waals surface area contributed by atoms with Gasteiger partial charge >= 0.3 is 35.1 Å². The van der Waals surface area contributed by atoms with Crippen LogP contribution in [-0.2, 0) is 15.6 Å². The molecule has 0 aliphatic carbocycles. The molecular weight excluding hydrogens is 707 g/mol. The van der Waals surface area contributed by atoms with E-state index in [-0.39, 0.29) is 0 Å². The molecule has 4 aromatic carbocycles. The summed E-state index contributed by atoms with van der Waals surface area (Å²) in [5.41, 5.74) is 10.1. The molecule has 0 spiro atoms. The van der Waals surface area contributed by atoms with Crippen molar-refractivity contribution in [1.82, 2.24) is 0 Å². The van der Waals surface area contributed by atoms with Crippen molar-refractivity contribution in [1.29, 1.82) is 0 Å². The third-order valence-electron chi connectivity index (χ3n) is 5.68. The summed E-state index contributed by atoms with van der Waals surface area (Å²) in [5, 5.41) is 0.725. The molecule has 0 aliphatic rings. The van der Waals surface area contributed by atoms with Crippen molar-refractivity contribution in [3.63, 3.8) is 0 Å². The molecule has 202 valence electrons. The zero-order chi connectivity index (χ0) is 29.4. The summed E-state index contributed by atoms with van der Waals surface area (Å²) in [6.07, 6.45) is 3.04. The zero-order valence-electron chi connectivity index (χ0n) is 22.9. The van der Waals surface area contributed by atoms with Crippen LogP contribution in [0.2, 0.25) is 5.02 Å². The first-order valence-electron chi connectivity index (χ1n) is 12.0. The second-order valence-electron chi connectivity index (χ2n) is 8.68. The van der Waals surface area contributed by atoms with Crippen LogP contribution < -0.4 is 0 Å². The number of aliphatic imine (C=N–C) groups is 1. The summed E-state index contributed by atoms with van der Waals surface area (Å²) >= 11 is 10.5. The molecule has 0 amide bonds. The average Bonchev–Trinajstić information content (AvgIpc) is 2.92. The van der Waals surface area contributed by atoms with Gasteiger partial charge in [-0.25, -0.2) is 9.69 Å². The van der Waals surface area contributed by atoms with Crippen LogP contribution in [0.3, 0.4) is 0 Å². The van der Waals surface area contributed by atoms with E-state index in [2.05, 4.69) is 62.5 Å². The number of aryl methyl sites for hydroxylation is 6. The molecule has 0 heterocycles. The SMILES string of the molecule is Cc1cccc(C)c1N=[C-]c1ccc(Cl)cc1.[C-]#[N+]c1c(C)cccc1C.[C-]#[N+]c1c(C)cccc1C.[Pd+][I]. The second-order valence-corrected chi connectivity index (χ2v) is 9.11. The van der Waals surface area contributed by atoms with Gasteiger partial charge in [-0.2, -0.15) is 0 Å². The standard InChI is InChI=1S/C15H13ClN.2C9H9N.HI.Pd/c1-11-4-3-5-12(2)15(11)17-10-13-6-8-14(16)9-7-13;2*1-7-5-4-6-8(2)9(7)10-3;;/h3-9H,1-2H3;2*4-6H,1-2H3;1H;/q-1;;;;+2/p-1. The van der Waals surface area contributed by atoms with Crippen molar-refractivity contribution < 1.29 is 15.6 Å². The van der Waals surface area contributed by atoms with Crippen molar-refractivity contribution in [2.24, 2.45) is 4.99 Å². The van der Waals surface area contributed by atoms with Gasteiger partial charge in [0.1, 0.15) is 0 Å². The van der Waals surface area contributed by atoms with Crippen LogP contribution in [-0.4, -0.2) is 6.21 Å². The Morgan fingerprint density at radius 1 is 0.615 bits per heavy atom. The monoisotopic (exact) mass is 737 g/mol. The van der Waals surface area contributed by atoms with Gasteiger partial charge in [-0.1, -0.05) is 89.5 Å². The van der Waals surface area contributed by atoms with E-state index in [9.17, 15) is 0 Å². The maximum atomic E-state index is 6.85. The molecule has 39 heavy (non-hydrogen) atoms. The van der Waals surface area contributed by atoms with Crippen LogP contribution in [0.1, 0.15) is 38.9 Å². The van der Waals surface area contributed by atoms with Crippen LogP contribution >= 0.6 is 31.1 Å². The molecule has 6 heteroatoms.